The van der Waals surface area contributed by atoms with Crippen molar-refractivity contribution >= 4 is 34.5 Å². The molecule has 1 aromatic heterocycles. The molecule has 12 heteroatoms. The summed E-state index contributed by atoms with van der Waals surface area (Å²) < 4.78 is 5.63. The molecular weight excluding hydrogens is 572 g/mol. The van der Waals surface area contributed by atoms with E-state index in [4.69, 9.17) is 15.6 Å². The van der Waals surface area contributed by atoms with E-state index in [1.165, 1.54) is 30.5 Å². The number of ether oxygens (including phenoxy) is 1. The largest absolute Gasteiger partial charge is 0.494 e. The van der Waals surface area contributed by atoms with Gasteiger partial charge in [-0.2, -0.15) is 0 Å². The van der Waals surface area contributed by atoms with Crippen LogP contribution in [0.15, 0.2) is 42.6 Å². The van der Waals surface area contributed by atoms with Crippen LogP contribution in [-0.2, 0) is 12.8 Å². The monoisotopic (exact) mass is 618 g/mol. The fraction of sp³-hybridized carbons (Fsp3) is 0.424. The number of anilines is 3. The zero-order valence-electron chi connectivity index (χ0n) is 27.4. The van der Waals surface area contributed by atoms with E-state index in [2.05, 4.69) is 35.6 Å². The Morgan fingerprint density at radius 3 is 2.47 bits per heavy atom. The normalized spacial score (nSPS) is 11.4. The maximum atomic E-state index is 12.9. The average Bonchev–Trinajstić information content (AvgIpc) is 3.03. The molecule has 0 saturated carbocycles. The van der Waals surface area contributed by atoms with Crippen molar-refractivity contribution < 1.29 is 14.5 Å². The third kappa shape index (κ3) is 8.55. The van der Waals surface area contributed by atoms with E-state index in [1.54, 1.807) is 13.1 Å². The van der Waals surface area contributed by atoms with Gasteiger partial charge in [0.25, 0.3) is 11.6 Å². The van der Waals surface area contributed by atoms with Crippen molar-refractivity contribution in [3.63, 3.8) is 0 Å². The number of benzene rings is 2. The molecule has 45 heavy (non-hydrogen) atoms. The van der Waals surface area contributed by atoms with E-state index in [9.17, 15) is 14.9 Å². The maximum Gasteiger partial charge on any atom is 0.294 e. The number of amides is 1. The quantitative estimate of drug-likeness (QED) is 0.0814. The number of carbonyl (C=O) groups excluding carboxylic acids is 1. The molecule has 0 radical (unpaired) electrons. The first-order valence-corrected chi connectivity index (χ1v) is 15.2. The van der Waals surface area contributed by atoms with E-state index in [-0.39, 0.29) is 17.2 Å². The Hall–Kier alpha value is -4.55. The van der Waals surface area contributed by atoms with Gasteiger partial charge in [-0.15, -0.1) is 0 Å². The lowest BCUT2D eigenvalue weighted by molar-refractivity contribution is -0.384. The number of carbonyl (C=O) groups is 1. The Morgan fingerprint density at radius 2 is 1.87 bits per heavy atom. The fourth-order valence-electron chi connectivity index (χ4n) is 5.21. The summed E-state index contributed by atoms with van der Waals surface area (Å²) in [5.41, 5.74) is 7.68. The van der Waals surface area contributed by atoms with Gasteiger partial charge in [0.2, 0.25) is 5.95 Å². The zero-order chi connectivity index (χ0) is 33.1. The molecule has 12 nitrogen and oxygen atoms in total. The van der Waals surface area contributed by atoms with Crippen molar-refractivity contribution in [3.8, 4) is 5.75 Å². The number of unbranched alkanes of at least 4 members (excludes halogenated alkanes) is 1. The number of nitrogen functional groups attached to an aromatic ring is 1. The molecule has 3 aromatic rings. The number of hydrogen-bond donors (Lipinski definition) is 3. The SMILES string of the molecule is C/C=C(\c1cccc(CCCC)c1CCC)c1nc(Nc2cc([N+](=O)[O-])c(N(C)CCN(C)C)cc2OC)ncc1C(=O)NN. The minimum Gasteiger partial charge on any atom is -0.494 e. The Morgan fingerprint density at radius 1 is 1.11 bits per heavy atom. The van der Waals surface area contributed by atoms with Gasteiger partial charge in [0, 0.05) is 44.0 Å². The minimum atomic E-state index is -0.534. The number of nitro groups is 1. The molecule has 3 rings (SSSR count). The van der Waals surface area contributed by atoms with E-state index in [0.29, 0.717) is 35.9 Å². The Labute approximate surface area is 265 Å². The molecule has 0 bridgehead atoms. The number of hydrazine groups is 1. The number of rotatable bonds is 16. The van der Waals surface area contributed by atoms with Crippen molar-refractivity contribution in [1.29, 1.82) is 0 Å². The highest BCUT2D eigenvalue weighted by atomic mass is 16.6. The number of hydrogen-bond acceptors (Lipinski definition) is 10. The van der Waals surface area contributed by atoms with Gasteiger partial charge in [-0.1, -0.05) is 51.0 Å². The molecule has 0 aliphatic rings. The number of likely N-dealkylation sites (N-methyl/N-ethyl adjacent to an activating group) is 2. The topological polar surface area (TPSA) is 152 Å². The van der Waals surface area contributed by atoms with Gasteiger partial charge >= 0.3 is 0 Å². The number of aryl methyl sites for hydroxylation is 1. The molecule has 4 N–H and O–H groups in total. The van der Waals surface area contributed by atoms with Crippen molar-refractivity contribution in [2.75, 3.05) is 51.6 Å². The highest BCUT2D eigenvalue weighted by Gasteiger charge is 2.24. The second-order valence-electron chi connectivity index (χ2n) is 11.1. The lowest BCUT2D eigenvalue weighted by atomic mass is 9.88. The van der Waals surface area contributed by atoms with E-state index in [1.807, 2.05) is 49.0 Å². The van der Waals surface area contributed by atoms with Gasteiger partial charge in [-0.25, -0.2) is 15.8 Å². The molecule has 0 saturated heterocycles. The first-order chi connectivity index (χ1) is 21.6. The zero-order valence-corrected chi connectivity index (χ0v) is 27.4. The summed E-state index contributed by atoms with van der Waals surface area (Å²) in [4.78, 5) is 37.6. The van der Waals surface area contributed by atoms with Crippen LogP contribution in [0, 0.1) is 10.1 Å². The standard InChI is InChI=1S/C33H46N8O4/c1-8-11-14-22-15-12-16-25(24(22)13-9-2)23(10-3)31-26(32(42)38-34)21-35-33(37-31)36-27-19-29(41(43)44)28(20-30(27)45-7)40(6)18-17-39(4)5/h10,12,15-16,19-21H,8-9,11,13-14,17-18,34H2,1-7H3,(H,38,42)(H,35,36,37)/b23-10+. The lowest BCUT2D eigenvalue weighted by Gasteiger charge is -2.23. The van der Waals surface area contributed by atoms with E-state index < -0.39 is 10.8 Å². The van der Waals surface area contributed by atoms with Gasteiger partial charge in [0.05, 0.1) is 29.0 Å². The van der Waals surface area contributed by atoms with Crippen LogP contribution in [0.1, 0.15) is 72.8 Å². The molecule has 242 valence electrons. The van der Waals surface area contributed by atoms with Gasteiger partial charge in [0.15, 0.2) is 0 Å². The van der Waals surface area contributed by atoms with Crippen LogP contribution in [0.2, 0.25) is 0 Å². The molecule has 0 atom stereocenters. The maximum absolute atomic E-state index is 12.9. The van der Waals surface area contributed by atoms with Crippen LogP contribution in [0.5, 0.6) is 5.75 Å². The molecule has 2 aromatic carbocycles. The Balaban J connectivity index is 2.16. The first-order valence-electron chi connectivity index (χ1n) is 15.2. The van der Waals surface area contributed by atoms with Crippen molar-refractivity contribution in [2.24, 2.45) is 5.84 Å². The first kappa shape index (κ1) is 34.9. The predicted octanol–water partition coefficient (Wildman–Crippen LogP) is 5.49. The van der Waals surface area contributed by atoms with Crippen LogP contribution < -0.4 is 26.2 Å². The fourth-order valence-corrected chi connectivity index (χ4v) is 5.21. The summed E-state index contributed by atoms with van der Waals surface area (Å²) in [7, 11) is 7.19. The summed E-state index contributed by atoms with van der Waals surface area (Å²) in [6.45, 7) is 7.51. The smallest absolute Gasteiger partial charge is 0.294 e. The third-order valence-electron chi connectivity index (χ3n) is 7.60. The number of allylic oxidation sites excluding steroid dienone is 1. The summed E-state index contributed by atoms with van der Waals surface area (Å²) in [6.07, 6.45) is 8.29. The van der Waals surface area contributed by atoms with Gasteiger partial charge in [-0.05, 0) is 57.0 Å². The lowest BCUT2D eigenvalue weighted by Crippen LogP contribution is -2.31. The van der Waals surface area contributed by atoms with E-state index >= 15 is 0 Å². The summed E-state index contributed by atoms with van der Waals surface area (Å²) in [5, 5.41) is 15.2. The average molecular weight is 619 g/mol. The number of nitrogens with zero attached hydrogens (tertiary/aromatic N) is 5. The van der Waals surface area contributed by atoms with Crippen molar-refractivity contribution in [2.45, 2.75) is 52.9 Å². The minimum absolute atomic E-state index is 0.0962. The molecule has 0 fully saturated rings. The Kier molecular flexibility index (Phi) is 12.8. The van der Waals surface area contributed by atoms with Gasteiger partial charge < -0.3 is 19.9 Å². The molecule has 0 spiro atoms. The van der Waals surface area contributed by atoms with Crippen LogP contribution >= 0.6 is 0 Å². The third-order valence-corrected chi connectivity index (χ3v) is 7.60. The van der Waals surface area contributed by atoms with Crippen LogP contribution in [0.3, 0.4) is 0 Å². The second kappa shape index (κ2) is 16.5. The van der Waals surface area contributed by atoms with Crippen LogP contribution in [-0.4, -0.2) is 67.0 Å². The number of methoxy groups -OCH3 is 1. The molecule has 1 heterocycles. The molecular formula is C33H46N8O4. The molecule has 0 aliphatic carbocycles. The van der Waals surface area contributed by atoms with Crippen molar-refractivity contribution in [3.05, 3.63) is 80.7 Å². The molecule has 0 unspecified atom stereocenters. The van der Waals surface area contributed by atoms with Gasteiger partial charge in [0.1, 0.15) is 11.4 Å². The molecule has 0 aliphatic heterocycles. The number of aromatic nitrogens is 2. The summed E-state index contributed by atoms with van der Waals surface area (Å²) in [6, 6.07) is 9.29. The van der Waals surface area contributed by atoms with Crippen molar-refractivity contribution in [1.82, 2.24) is 20.3 Å². The van der Waals surface area contributed by atoms with Gasteiger partial charge in [-0.3, -0.25) is 20.3 Å². The van der Waals surface area contributed by atoms with Crippen LogP contribution in [0.25, 0.3) is 5.57 Å². The highest BCUT2D eigenvalue weighted by Crippen LogP contribution is 2.39. The highest BCUT2D eigenvalue weighted by molar-refractivity contribution is 6.00. The summed E-state index contributed by atoms with van der Waals surface area (Å²) in [5.74, 6) is 5.53. The number of nitro benzene ring substituents is 1. The Bertz CT molecular complexity index is 1520. The van der Waals surface area contributed by atoms with Crippen LogP contribution in [0.4, 0.5) is 23.0 Å². The number of nitrogens with two attached hydrogens (primary N) is 1. The van der Waals surface area contributed by atoms with E-state index in [0.717, 1.165) is 43.2 Å². The second-order valence-corrected chi connectivity index (χ2v) is 11.1. The predicted molar refractivity (Wildman–Crippen MR) is 180 cm³/mol. The number of nitrogens with one attached hydrogen (secondary N) is 2. The summed E-state index contributed by atoms with van der Waals surface area (Å²) >= 11 is 0. The molecule has 1 amide bonds.